The summed E-state index contributed by atoms with van der Waals surface area (Å²) in [5.74, 6) is -2.16. The third-order valence-electron chi connectivity index (χ3n) is 10.8. The lowest BCUT2D eigenvalue weighted by molar-refractivity contribution is -0.274. The largest absolute Gasteiger partial charge is 0.573 e. The minimum absolute atomic E-state index is 0.0244. The number of benzene rings is 2. The third-order valence-corrected chi connectivity index (χ3v) is 10.8. The molecule has 3 atom stereocenters. The molecule has 0 spiro atoms. The van der Waals surface area contributed by atoms with Crippen molar-refractivity contribution in [1.82, 2.24) is 40.0 Å². The maximum atomic E-state index is 15.6. The van der Waals surface area contributed by atoms with Crippen molar-refractivity contribution in [1.29, 1.82) is 0 Å². The van der Waals surface area contributed by atoms with Crippen LogP contribution >= 0.6 is 0 Å². The number of pyridine rings is 1. The number of nitrogens with zero attached hydrogens (tertiary/aromatic N) is 6. The fourth-order valence-electron chi connectivity index (χ4n) is 7.67. The number of aromatic nitrogens is 5. The Kier molecular flexibility index (Phi) is 12.5. The van der Waals surface area contributed by atoms with Gasteiger partial charge in [0.05, 0.1) is 48.8 Å². The Morgan fingerprint density at radius 1 is 0.952 bits per heavy atom. The van der Waals surface area contributed by atoms with Crippen LogP contribution in [-0.4, -0.2) is 110 Å². The molecule has 4 amide bonds. The smallest absolute Gasteiger partial charge is 0.453 e. The topological polar surface area (TPSA) is 191 Å². The van der Waals surface area contributed by atoms with Gasteiger partial charge in [-0.1, -0.05) is 38.1 Å². The molecule has 2 fully saturated rings. The summed E-state index contributed by atoms with van der Waals surface area (Å²) in [6.45, 7) is 7.33. The number of nitrogens with one attached hydrogen (secondary N) is 4. The molecule has 2 aliphatic rings. The number of halogens is 4. The number of methoxy groups -OCH3 is 1. The highest BCUT2D eigenvalue weighted by molar-refractivity contribution is 6.04. The zero-order valence-electron chi connectivity index (χ0n) is 34.1. The van der Waals surface area contributed by atoms with Gasteiger partial charge in [-0.3, -0.25) is 14.4 Å². The Balaban J connectivity index is 1.04. The second kappa shape index (κ2) is 17.9. The molecular formula is C42H44F4N10O6. The van der Waals surface area contributed by atoms with Gasteiger partial charge in [-0.2, -0.15) is 0 Å². The van der Waals surface area contributed by atoms with E-state index >= 15 is 4.39 Å². The van der Waals surface area contributed by atoms with E-state index in [1.807, 2.05) is 25.7 Å². The van der Waals surface area contributed by atoms with Gasteiger partial charge < -0.3 is 44.8 Å². The third kappa shape index (κ3) is 9.48. The second-order valence-electron chi connectivity index (χ2n) is 15.3. The molecular weight excluding hydrogens is 817 g/mol. The number of anilines is 2. The van der Waals surface area contributed by atoms with E-state index in [-0.39, 0.29) is 46.5 Å². The summed E-state index contributed by atoms with van der Waals surface area (Å²) in [6, 6.07) is 9.59. The molecule has 0 bridgehead atoms. The highest BCUT2D eigenvalue weighted by Crippen LogP contribution is 2.39. The molecule has 3 aromatic heterocycles. The molecule has 5 heterocycles. The zero-order valence-corrected chi connectivity index (χ0v) is 34.1. The van der Waals surface area contributed by atoms with E-state index in [2.05, 4.69) is 40.3 Å². The van der Waals surface area contributed by atoms with E-state index in [9.17, 15) is 32.3 Å². The first kappa shape index (κ1) is 43.1. The minimum Gasteiger partial charge on any atom is -0.453 e. The fourth-order valence-corrected chi connectivity index (χ4v) is 7.67. The number of carbonyl (C=O) groups excluding carboxylic acids is 4. The molecule has 20 heteroatoms. The summed E-state index contributed by atoms with van der Waals surface area (Å²) >= 11 is 0. The monoisotopic (exact) mass is 860 g/mol. The van der Waals surface area contributed by atoms with Crippen molar-refractivity contribution in [3.8, 4) is 28.1 Å². The SMILES string of the molecule is COC(=O)N[C@H](C(=O)N1CCC[C@H]1c1ncc(-c2ccc(-c3cc(F)c(NC(=O)c4ccc(N5CCN(C(=O)c6cnc[nH]6)C[C@H]5C)nc4)cc3OC(F)(F)F)cc2)[nH]1)C(C)C. The van der Waals surface area contributed by atoms with Crippen LogP contribution in [0.15, 0.2) is 73.4 Å². The predicted octanol–water partition coefficient (Wildman–Crippen LogP) is 6.55. The first-order valence-electron chi connectivity index (χ1n) is 19.8. The summed E-state index contributed by atoms with van der Waals surface area (Å²) in [5, 5.41) is 4.94. The van der Waals surface area contributed by atoms with Crippen molar-refractivity contribution < 1.29 is 46.2 Å². The van der Waals surface area contributed by atoms with Gasteiger partial charge in [0.25, 0.3) is 11.8 Å². The number of likely N-dealkylation sites (tertiary alicyclic amines) is 1. The van der Waals surface area contributed by atoms with Crippen molar-refractivity contribution in [2.24, 2.45) is 5.92 Å². The van der Waals surface area contributed by atoms with Gasteiger partial charge in [-0.25, -0.2) is 24.1 Å². The summed E-state index contributed by atoms with van der Waals surface area (Å²) in [7, 11) is 1.22. The number of ether oxygens (including phenoxy) is 2. The molecule has 4 N–H and O–H groups in total. The molecule has 0 radical (unpaired) electrons. The fraction of sp³-hybridized carbons (Fsp3) is 0.357. The normalized spacial score (nSPS) is 17.2. The van der Waals surface area contributed by atoms with Crippen LogP contribution < -0.4 is 20.3 Å². The maximum absolute atomic E-state index is 15.6. The average Bonchev–Trinajstić information content (AvgIpc) is 4.06. The molecule has 7 rings (SSSR count). The average molecular weight is 861 g/mol. The van der Waals surface area contributed by atoms with E-state index in [4.69, 9.17) is 4.74 Å². The van der Waals surface area contributed by atoms with E-state index < -0.39 is 41.7 Å². The molecule has 62 heavy (non-hydrogen) atoms. The lowest BCUT2D eigenvalue weighted by Gasteiger charge is -2.40. The van der Waals surface area contributed by atoms with Gasteiger partial charge in [0.15, 0.2) is 0 Å². The summed E-state index contributed by atoms with van der Waals surface area (Å²) in [5.41, 5.74) is 1.00. The Labute approximate surface area is 353 Å². The van der Waals surface area contributed by atoms with E-state index in [1.54, 1.807) is 34.2 Å². The van der Waals surface area contributed by atoms with Crippen LogP contribution in [0.4, 0.5) is 33.9 Å². The lowest BCUT2D eigenvalue weighted by atomic mass is 10.0. The van der Waals surface area contributed by atoms with Crippen LogP contribution in [-0.2, 0) is 9.53 Å². The van der Waals surface area contributed by atoms with Crippen LogP contribution in [0.2, 0.25) is 0 Å². The second-order valence-corrected chi connectivity index (χ2v) is 15.3. The quantitative estimate of drug-likeness (QED) is 0.106. The Bertz CT molecular complexity index is 2410. The molecule has 0 aliphatic carbocycles. The number of amides is 4. The standard InChI is InChI=1S/C42H44F4N10O6/c1-23(2)36(53-41(60)61-4)40(59)56-13-5-6-33(56)37-49-20-31(51-37)26-9-7-25(8-10-26)28-16-29(43)30(17-34(28)62-42(44,45)46)52-38(57)27-11-12-35(48-18-27)55-15-14-54(21-24(55)3)39(58)32-19-47-22-50-32/h7-12,16-20,22-24,33,36H,5-6,13-15,21H2,1-4H3,(H,47,50)(H,49,51)(H,52,57)(H,53,60)/t24-,33+,36+/m1/s1. The molecule has 2 saturated heterocycles. The highest BCUT2D eigenvalue weighted by atomic mass is 19.4. The van der Waals surface area contributed by atoms with Gasteiger partial charge in [0.2, 0.25) is 5.91 Å². The Morgan fingerprint density at radius 3 is 2.35 bits per heavy atom. The first-order valence-corrected chi connectivity index (χ1v) is 19.8. The summed E-state index contributed by atoms with van der Waals surface area (Å²) in [4.78, 5) is 75.7. The number of imidazole rings is 2. The van der Waals surface area contributed by atoms with Crippen LogP contribution in [0.1, 0.15) is 66.3 Å². The highest BCUT2D eigenvalue weighted by Gasteiger charge is 2.38. The van der Waals surface area contributed by atoms with Crippen LogP contribution in [0.5, 0.6) is 5.75 Å². The Hall–Kier alpha value is -6.99. The summed E-state index contributed by atoms with van der Waals surface area (Å²) in [6.07, 6.45) is 1.24. The molecule has 2 aliphatic heterocycles. The van der Waals surface area contributed by atoms with Crippen LogP contribution in [0, 0.1) is 11.7 Å². The maximum Gasteiger partial charge on any atom is 0.573 e. The summed E-state index contributed by atoms with van der Waals surface area (Å²) < 4.78 is 65.7. The van der Waals surface area contributed by atoms with Gasteiger partial charge >= 0.3 is 12.5 Å². The molecule has 326 valence electrons. The Morgan fingerprint density at radius 2 is 1.71 bits per heavy atom. The van der Waals surface area contributed by atoms with Crippen molar-refractivity contribution >= 4 is 35.3 Å². The van der Waals surface area contributed by atoms with Gasteiger partial charge in [-0.05, 0) is 55.0 Å². The van der Waals surface area contributed by atoms with Gasteiger partial charge in [0.1, 0.15) is 34.9 Å². The van der Waals surface area contributed by atoms with Crippen molar-refractivity contribution in [3.63, 3.8) is 0 Å². The molecule has 0 unspecified atom stereocenters. The van der Waals surface area contributed by atoms with Crippen LogP contribution in [0.3, 0.4) is 0 Å². The van der Waals surface area contributed by atoms with E-state index in [0.717, 1.165) is 12.1 Å². The lowest BCUT2D eigenvalue weighted by Crippen LogP contribution is -2.54. The molecule has 2 aromatic carbocycles. The number of hydrogen-bond acceptors (Lipinski definition) is 10. The van der Waals surface area contributed by atoms with Crippen molar-refractivity contribution in [2.45, 2.75) is 58.1 Å². The number of alkyl halides is 3. The van der Waals surface area contributed by atoms with Gasteiger partial charge in [-0.15, -0.1) is 13.2 Å². The number of rotatable bonds is 11. The molecule has 0 saturated carbocycles. The van der Waals surface area contributed by atoms with Gasteiger partial charge in [0, 0.05) is 50.0 Å². The molecule has 16 nitrogen and oxygen atoms in total. The zero-order chi connectivity index (χ0) is 44.3. The van der Waals surface area contributed by atoms with E-state index in [1.165, 1.54) is 44.0 Å². The number of H-pyrrole nitrogens is 2. The predicted molar refractivity (Wildman–Crippen MR) is 217 cm³/mol. The minimum atomic E-state index is -5.14. The number of alkyl carbamates (subject to hydrolysis) is 1. The number of aromatic amines is 2. The van der Waals surface area contributed by atoms with Crippen molar-refractivity contribution in [2.75, 3.05) is 43.5 Å². The van der Waals surface area contributed by atoms with E-state index in [0.29, 0.717) is 67.6 Å². The first-order chi connectivity index (χ1) is 29.6. The van der Waals surface area contributed by atoms with Crippen molar-refractivity contribution in [3.05, 3.63) is 96.3 Å². The number of hydrogen-bond donors (Lipinski definition) is 4. The number of piperazine rings is 1. The molecule has 5 aromatic rings. The van der Waals surface area contributed by atoms with Crippen LogP contribution in [0.25, 0.3) is 22.4 Å². The number of carbonyl (C=O) groups is 4.